The van der Waals surface area contributed by atoms with Gasteiger partial charge < -0.3 is 10.2 Å². The lowest BCUT2D eigenvalue weighted by atomic mass is 9.97. The molecule has 1 amide bonds. The van der Waals surface area contributed by atoms with Crippen LogP contribution in [-0.4, -0.2) is 45.4 Å². The Morgan fingerprint density at radius 1 is 1.42 bits per heavy atom. The maximum atomic E-state index is 13.0. The molecule has 0 unspecified atom stereocenters. The fraction of sp³-hybridized carbons (Fsp3) is 0.588. The van der Waals surface area contributed by atoms with Crippen LogP contribution in [0, 0.1) is 0 Å². The van der Waals surface area contributed by atoms with Crippen molar-refractivity contribution in [3.63, 3.8) is 0 Å². The lowest BCUT2D eigenvalue weighted by Gasteiger charge is -2.34. The van der Waals surface area contributed by atoms with Crippen LogP contribution in [0.1, 0.15) is 59.2 Å². The minimum Gasteiger partial charge on any atom is -0.330 e. The van der Waals surface area contributed by atoms with E-state index in [1.54, 1.807) is 11.3 Å². The van der Waals surface area contributed by atoms with Gasteiger partial charge in [-0.25, -0.2) is 4.68 Å². The molecular formula is C17H23N5OS. The normalized spacial score (nSPS) is 21.7. The molecule has 1 fully saturated rings. The maximum Gasteiger partial charge on any atom is 0.276 e. The molecule has 1 saturated heterocycles. The van der Waals surface area contributed by atoms with Gasteiger partial charge in [-0.15, -0.1) is 16.4 Å². The van der Waals surface area contributed by atoms with Crippen LogP contribution in [-0.2, 0) is 6.42 Å². The molecule has 2 aliphatic heterocycles. The number of aromatic nitrogens is 3. The van der Waals surface area contributed by atoms with Gasteiger partial charge in [-0.1, -0.05) is 12.1 Å². The van der Waals surface area contributed by atoms with Crippen LogP contribution in [0.2, 0.25) is 0 Å². The molecule has 6 nitrogen and oxygen atoms in total. The molecule has 2 aliphatic rings. The number of carbonyl (C=O) groups excluding carboxylic acids is 1. The predicted molar refractivity (Wildman–Crippen MR) is 93.3 cm³/mol. The topological polar surface area (TPSA) is 63.1 Å². The molecule has 0 spiro atoms. The summed E-state index contributed by atoms with van der Waals surface area (Å²) in [6.45, 7) is 4.91. The third-order valence-electron chi connectivity index (χ3n) is 5.15. The van der Waals surface area contributed by atoms with Crippen LogP contribution in [0.15, 0.2) is 17.6 Å². The van der Waals surface area contributed by atoms with Gasteiger partial charge in [0.05, 0.1) is 18.3 Å². The first-order valence-corrected chi connectivity index (χ1v) is 9.65. The Hall–Kier alpha value is -1.73. The zero-order chi connectivity index (χ0) is 16.5. The lowest BCUT2D eigenvalue weighted by molar-refractivity contribution is 0.0651. The van der Waals surface area contributed by atoms with Crippen LogP contribution in [0.25, 0.3) is 0 Å². The van der Waals surface area contributed by atoms with E-state index in [9.17, 15) is 4.79 Å². The zero-order valence-corrected chi connectivity index (χ0v) is 14.8. The Morgan fingerprint density at radius 3 is 3.04 bits per heavy atom. The minimum absolute atomic E-state index is 0.0129. The van der Waals surface area contributed by atoms with Gasteiger partial charge in [0, 0.05) is 11.4 Å². The fourth-order valence-corrected chi connectivity index (χ4v) is 4.78. The number of fused-ring (bicyclic) bond motifs is 1. The quantitative estimate of drug-likeness (QED) is 0.928. The van der Waals surface area contributed by atoms with E-state index in [0.29, 0.717) is 11.7 Å². The van der Waals surface area contributed by atoms with Crippen LogP contribution < -0.4 is 5.32 Å². The Bertz CT molecular complexity index is 718. The van der Waals surface area contributed by atoms with Crippen molar-refractivity contribution < 1.29 is 4.79 Å². The third kappa shape index (κ3) is 2.75. The molecule has 0 aliphatic carbocycles. The summed E-state index contributed by atoms with van der Waals surface area (Å²) >= 11 is 1.80. The van der Waals surface area contributed by atoms with E-state index in [1.807, 2.05) is 15.8 Å². The zero-order valence-electron chi connectivity index (χ0n) is 13.9. The van der Waals surface area contributed by atoms with Gasteiger partial charge in [-0.3, -0.25) is 4.79 Å². The third-order valence-corrected chi connectivity index (χ3v) is 6.15. The minimum atomic E-state index is 0.0129. The van der Waals surface area contributed by atoms with Crippen molar-refractivity contribution in [3.8, 4) is 0 Å². The van der Waals surface area contributed by atoms with E-state index in [4.69, 9.17) is 0 Å². The highest BCUT2D eigenvalue weighted by Crippen LogP contribution is 2.35. The van der Waals surface area contributed by atoms with Crippen LogP contribution >= 0.6 is 11.3 Å². The second kappa shape index (κ2) is 6.64. The first-order chi connectivity index (χ1) is 11.8. The van der Waals surface area contributed by atoms with E-state index < -0.39 is 0 Å². The van der Waals surface area contributed by atoms with Gasteiger partial charge in [0.25, 0.3) is 5.91 Å². The van der Waals surface area contributed by atoms with Crippen LogP contribution in [0.4, 0.5) is 0 Å². The highest BCUT2D eigenvalue weighted by atomic mass is 32.1. The monoisotopic (exact) mass is 345 g/mol. The summed E-state index contributed by atoms with van der Waals surface area (Å²) in [5.74, 6) is 0.0129. The molecule has 4 heterocycles. The predicted octanol–water partition coefficient (Wildman–Crippen LogP) is 2.41. The lowest BCUT2D eigenvalue weighted by Crippen LogP contribution is -2.39. The van der Waals surface area contributed by atoms with Crippen molar-refractivity contribution in [2.45, 2.75) is 44.7 Å². The van der Waals surface area contributed by atoms with E-state index in [-0.39, 0.29) is 11.9 Å². The smallest absolute Gasteiger partial charge is 0.276 e. The van der Waals surface area contributed by atoms with Gasteiger partial charge >= 0.3 is 0 Å². The van der Waals surface area contributed by atoms with Crippen molar-refractivity contribution in [1.82, 2.24) is 25.2 Å². The van der Waals surface area contributed by atoms with Crippen LogP contribution in [0.5, 0.6) is 0 Å². The average Bonchev–Trinajstić information content (AvgIpc) is 3.30. The first-order valence-electron chi connectivity index (χ1n) is 8.77. The Labute approximate surface area is 145 Å². The van der Waals surface area contributed by atoms with Crippen molar-refractivity contribution in [2.24, 2.45) is 0 Å². The Kier molecular flexibility index (Phi) is 4.37. The molecule has 0 saturated carbocycles. The molecule has 2 aromatic heterocycles. The number of hydrogen-bond donors (Lipinski definition) is 1. The van der Waals surface area contributed by atoms with Crippen molar-refractivity contribution in [1.29, 1.82) is 0 Å². The molecule has 0 radical (unpaired) electrons. The molecule has 4 rings (SSSR count). The molecule has 0 bridgehead atoms. The number of thiophene rings is 1. The number of piperidine rings is 1. The van der Waals surface area contributed by atoms with Crippen molar-refractivity contribution in [3.05, 3.63) is 33.8 Å². The second-order valence-corrected chi connectivity index (χ2v) is 7.54. The summed E-state index contributed by atoms with van der Waals surface area (Å²) in [7, 11) is 0. The van der Waals surface area contributed by atoms with Gasteiger partial charge in [0.2, 0.25) is 0 Å². The molecule has 2 aromatic rings. The van der Waals surface area contributed by atoms with E-state index in [2.05, 4.69) is 34.0 Å². The SMILES string of the molecule is CC[C@H]1c2ccsc2CCN1C(=O)c1cn(C2CCNCC2)nn1. The molecule has 7 heteroatoms. The van der Waals surface area contributed by atoms with Crippen LogP contribution in [0.3, 0.4) is 0 Å². The number of amides is 1. The number of nitrogens with zero attached hydrogens (tertiary/aromatic N) is 4. The highest BCUT2D eigenvalue weighted by molar-refractivity contribution is 7.10. The average molecular weight is 345 g/mol. The second-order valence-electron chi connectivity index (χ2n) is 6.54. The van der Waals surface area contributed by atoms with E-state index in [0.717, 1.165) is 45.3 Å². The first kappa shape index (κ1) is 15.8. The van der Waals surface area contributed by atoms with Crippen molar-refractivity contribution >= 4 is 17.2 Å². The fourth-order valence-electron chi connectivity index (χ4n) is 3.85. The largest absolute Gasteiger partial charge is 0.330 e. The highest BCUT2D eigenvalue weighted by Gasteiger charge is 2.32. The van der Waals surface area contributed by atoms with Crippen molar-refractivity contribution in [2.75, 3.05) is 19.6 Å². The maximum absolute atomic E-state index is 13.0. The molecule has 128 valence electrons. The summed E-state index contributed by atoms with van der Waals surface area (Å²) in [6.07, 6.45) is 5.79. The molecule has 1 N–H and O–H groups in total. The molecule has 0 aromatic carbocycles. The number of hydrogen-bond acceptors (Lipinski definition) is 5. The summed E-state index contributed by atoms with van der Waals surface area (Å²) < 4.78 is 1.88. The Morgan fingerprint density at radius 2 is 2.25 bits per heavy atom. The van der Waals surface area contributed by atoms with Gasteiger partial charge in [-0.05, 0) is 55.8 Å². The summed E-state index contributed by atoms with van der Waals surface area (Å²) in [4.78, 5) is 16.4. The summed E-state index contributed by atoms with van der Waals surface area (Å²) in [6, 6.07) is 2.68. The standard InChI is InChI=1S/C17H23N5OS/c1-2-15-13-6-10-24-16(13)5-9-21(15)17(23)14-11-22(20-19-14)12-3-7-18-8-4-12/h6,10-12,15,18H,2-5,7-9H2,1H3/t15-/m0/s1. The molecular weight excluding hydrogens is 322 g/mol. The number of nitrogens with one attached hydrogen (secondary N) is 1. The van der Waals surface area contributed by atoms with E-state index in [1.165, 1.54) is 10.4 Å². The summed E-state index contributed by atoms with van der Waals surface area (Å²) in [5, 5.41) is 13.9. The van der Waals surface area contributed by atoms with E-state index >= 15 is 0 Å². The molecule has 1 atom stereocenters. The van der Waals surface area contributed by atoms with Gasteiger partial charge in [-0.2, -0.15) is 0 Å². The van der Waals surface area contributed by atoms with Gasteiger partial charge in [0.1, 0.15) is 0 Å². The Balaban J connectivity index is 1.54. The number of carbonyl (C=O) groups is 1. The summed E-state index contributed by atoms with van der Waals surface area (Å²) in [5.41, 5.74) is 1.79. The molecule has 24 heavy (non-hydrogen) atoms. The van der Waals surface area contributed by atoms with Gasteiger partial charge in [0.15, 0.2) is 5.69 Å². The number of rotatable bonds is 3.